The molecule has 1 aromatic heterocycles. The van der Waals surface area contributed by atoms with E-state index >= 15 is 0 Å². The van der Waals surface area contributed by atoms with Crippen LogP contribution in [0.2, 0.25) is 0 Å². The molecule has 0 aromatic carbocycles. The molecule has 0 bridgehead atoms. The Balaban J connectivity index is 1.93. The summed E-state index contributed by atoms with van der Waals surface area (Å²) < 4.78 is 0. The second-order valence-corrected chi connectivity index (χ2v) is 5.08. The van der Waals surface area contributed by atoms with E-state index in [1.54, 1.807) is 0 Å². The van der Waals surface area contributed by atoms with Crippen molar-refractivity contribution in [3.05, 3.63) is 23.9 Å². The average Bonchev–Trinajstić information content (AvgIpc) is 2.92. The molecule has 18 heavy (non-hydrogen) atoms. The molecule has 0 radical (unpaired) electrons. The maximum absolute atomic E-state index is 4.44. The summed E-state index contributed by atoms with van der Waals surface area (Å²) in [7, 11) is 0. The van der Waals surface area contributed by atoms with Gasteiger partial charge in [0.2, 0.25) is 0 Å². The van der Waals surface area contributed by atoms with Gasteiger partial charge in [0.25, 0.3) is 0 Å². The van der Waals surface area contributed by atoms with Gasteiger partial charge >= 0.3 is 0 Å². The topological polar surface area (TPSA) is 28.2 Å². The molecular formula is C15H25N3. The van der Waals surface area contributed by atoms with Gasteiger partial charge in [-0.05, 0) is 37.9 Å². The number of aromatic nitrogens is 1. The van der Waals surface area contributed by atoms with Crippen LogP contribution in [-0.4, -0.2) is 29.0 Å². The lowest BCUT2D eigenvalue weighted by atomic mass is 10.1. The van der Waals surface area contributed by atoms with Gasteiger partial charge in [-0.25, -0.2) is 4.98 Å². The van der Waals surface area contributed by atoms with Gasteiger partial charge in [0.1, 0.15) is 5.82 Å². The lowest BCUT2D eigenvalue weighted by Gasteiger charge is -2.27. The van der Waals surface area contributed by atoms with Crippen molar-refractivity contribution in [1.29, 1.82) is 0 Å². The smallest absolute Gasteiger partial charge is 0.125 e. The van der Waals surface area contributed by atoms with E-state index in [1.165, 1.54) is 31.2 Å². The van der Waals surface area contributed by atoms with E-state index < -0.39 is 0 Å². The van der Waals surface area contributed by atoms with E-state index in [2.05, 4.69) is 41.2 Å². The minimum absolute atomic E-state index is 0.795. The predicted molar refractivity (Wildman–Crippen MR) is 76.7 cm³/mol. The first kappa shape index (κ1) is 13.3. The zero-order valence-electron chi connectivity index (χ0n) is 11.7. The highest BCUT2D eigenvalue weighted by Gasteiger charge is 2.21. The first-order valence-electron chi connectivity index (χ1n) is 7.26. The molecule has 0 amide bonds. The van der Waals surface area contributed by atoms with E-state index in [1.807, 2.05) is 6.20 Å². The summed E-state index contributed by atoms with van der Waals surface area (Å²) in [4.78, 5) is 7.04. The molecule has 0 saturated heterocycles. The molecule has 100 valence electrons. The standard InChI is InChI=1S/C15H25N3/c1-3-16-15-10-9-13(11-17-15)12-18(4-2)14-7-5-6-8-14/h9-11,14H,3-8,12H2,1-2H3,(H,16,17). The van der Waals surface area contributed by atoms with Crippen LogP contribution in [0.3, 0.4) is 0 Å². The Bertz CT molecular complexity index is 341. The summed E-state index contributed by atoms with van der Waals surface area (Å²) in [5.41, 5.74) is 1.32. The van der Waals surface area contributed by atoms with Crippen LogP contribution < -0.4 is 5.32 Å². The molecule has 0 atom stereocenters. The fourth-order valence-electron chi connectivity index (χ4n) is 2.81. The van der Waals surface area contributed by atoms with E-state index in [9.17, 15) is 0 Å². The van der Waals surface area contributed by atoms with Crippen LogP contribution in [0.15, 0.2) is 18.3 Å². The summed E-state index contributed by atoms with van der Waals surface area (Å²) in [5, 5.41) is 3.23. The summed E-state index contributed by atoms with van der Waals surface area (Å²) in [6.07, 6.45) is 7.56. The van der Waals surface area contributed by atoms with Gasteiger partial charge in [0, 0.05) is 25.3 Å². The Morgan fingerprint density at radius 2 is 2.06 bits per heavy atom. The van der Waals surface area contributed by atoms with Gasteiger partial charge in [0.15, 0.2) is 0 Å². The van der Waals surface area contributed by atoms with Gasteiger partial charge < -0.3 is 5.32 Å². The molecule has 0 aliphatic heterocycles. The summed E-state index contributed by atoms with van der Waals surface area (Å²) in [6, 6.07) is 5.08. The van der Waals surface area contributed by atoms with Crippen molar-refractivity contribution < 1.29 is 0 Å². The molecule has 3 nitrogen and oxygen atoms in total. The van der Waals surface area contributed by atoms with Gasteiger partial charge in [-0.1, -0.05) is 25.8 Å². The van der Waals surface area contributed by atoms with E-state index in [0.717, 1.165) is 31.5 Å². The second-order valence-electron chi connectivity index (χ2n) is 5.08. The normalized spacial score (nSPS) is 16.4. The van der Waals surface area contributed by atoms with Crippen LogP contribution in [0.25, 0.3) is 0 Å². The Kier molecular flexibility index (Phi) is 5.00. The monoisotopic (exact) mass is 247 g/mol. The third-order valence-electron chi connectivity index (χ3n) is 3.82. The van der Waals surface area contributed by atoms with Gasteiger partial charge in [-0.2, -0.15) is 0 Å². The first-order valence-corrected chi connectivity index (χ1v) is 7.26. The van der Waals surface area contributed by atoms with E-state index in [-0.39, 0.29) is 0 Å². The molecule has 0 unspecified atom stereocenters. The fourth-order valence-corrected chi connectivity index (χ4v) is 2.81. The van der Waals surface area contributed by atoms with Crippen molar-refractivity contribution in [2.24, 2.45) is 0 Å². The molecule has 1 aromatic rings. The van der Waals surface area contributed by atoms with Crippen molar-refractivity contribution >= 4 is 5.82 Å². The van der Waals surface area contributed by atoms with Crippen molar-refractivity contribution in [3.8, 4) is 0 Å². The number of nitrogens with one attached hydrogen (secondary N) is 1. The summed E-state index contributed by atoms with van der Waals surface area (Å²) >= 11 is 0. The van der Waals surface area contributed by atoms with Crippen LogP contribution in [0, 0.1) is 0 Å². The summed E-state index contributed by atoms with van der Waals surface area (Å²) in [5.74, 6) is 0.977. The Morgan fingerprint density at radius 1 is 1.28 bits per heavy atom. The maximum Gasteiger partial charge on any atom is 0.125 e. The maximum atomic E-state index is 4.44. The third kappa shape index (κ3) is 3.45. The second kappa shape index (κ2) is 6.74. The molecule has 1 aliphatic carbocycles. The van der Waals surface area contributed by atoms with Crippen LogP contribution >= 0.6 is 0 Å². The summed E-state index contributed by atoms with van der Waals surface area (Å²) in [6.45, 7) is 7.46. The van der Waals surface area contributed by atoms with Crippen molar-refractivity contribution in [1.82, 2.24) is 9.88 Å². The molecule has 1 N–H and O–H groups in total. The van der Waals surface area contributed by atoms with Crippen LogP contribution in [0.5, 0.6) is 0 Å². The van der Waals surface area contributed by atoms with Crippen molar-refractivity contribution in [2.75, 3.05) is 18.4 Å². The lowest BCUT2D eigenvalue weighted by Crippen LogP contribution is -2.32. The molecule has 1 fully saturated rings. The number of hydrogen-bond donors (Lipinski definition) is 1. The van der Waals surface area contributed by atoms with Crippen molar-refractivity contribution in [3.63, 3.8) is 0 Å². The fraction of sp³-hybridized carbons (Fsp3) is 0.667. The van der Waals surface area contributed by atoms with Gasteiger partial charge in [-0.15, -0.1) is 0 Å². The molecule has 3 heteroatoms. The minimum Gasteiger partial charge on any atom is -0.370 e. The average molecular weight is 247 g/mol. The Morgan fingerprint density at radius 3 is 2.61 bits per heavy atom. The molecule has 1 saturated carbocycles. The number of pyridine rings is 1. The van der Waals surface area contributed by atoms with Crippen molar-refractivity contribution in [2.45, 2.75) is 52.1 Å². The predicted octanol–water partition coefficient (Wildman–Crippen LogP) is 3.28. The molecular weight excluding hydrogens is 222 g/mol. The van der Waals surface area contributed by atoms with Crippen LogP contribution in [0.1, 0.15) is 45.1 Å². The Labute approximate surface area is 111 Å². The van der Waals surface area contributed by atoms with Gasteiger partial charge in [0.05, 0.1) is 0 Å². The highest BCUT2D eigenvalue weighted by molar-refractivity contribution is 5.35. The lowest BCUT2D eigenvalue weighted by molar-refractivity contribution is 0.200. The Hall–Kier alpha value is -1.09. The first-order chi connectivity index (χ1) is 8.83. The minimum atomic E-state index is 0.795. The zero-order valence-corrected chi connectivity index (χ0v) is 11.7. The third-order valence-corrected chi connectivity index (χ3v) is 3.82. The number of nitrogens with zero attached hydrogens (tertiary/aromatic N) is 2. The highest BCUT2D eigenvalue weighted by Crippen LogP contribution is 2.24. The number of hydrogen-bond acceptors (Lipinski definition) is 3. The largest absolute Gasteiger partial charge is 0.370 e. The van der Waals surface area contributed by atoms with Crippen LogP contribution in [0.4, 0.5) is 5.82 Å². The highest BCUT2D eigenvalue weighted by atomic mass is 15.1. The van der Waals surface area contributed by atoms with Crippen LogP contribution in [-0.2, 0) is 6.54 Å². The molecule has 1 heterocycles. The van der Waals surface area contributed by atoms with Gasteiger partial charge in [-0.3, -0.25) is 4.90 Å². The molecule has 0 spiro atoms. The SMILES string of the molecule is CCNc1ccc(CN(CC)C2CCCC2)cn1. The zero-order chi connectivity index (χ0) is 12.8. The van der Waals surface area contributed by atoms with E-state index in [0.29, 0.717) is 0 Å². The number of rotatable bonds is 6. The molecule has 2 rings (SSSR count). The molecule has 1 aliphatic rings. The quantitative estimate of drug-likeness (QED) is 0.836. The van der Waals surface area contributed by atoms with E-state index in [4.69, 9.17) is 0 Å². The number of anilines is 1.